The smallest absolute Gasteiger partial charge is 0.338 e. The van der Waals surface area contributed by atoms with Gasteiger partial charge < -0.3 is 9.47 Å². The molecule has 1 aliphatic rings. The summed E-state index contributed by atoms with van der Waals surface area (Å²) in [7, 11) is -3.96. The summed E-state index contributed by atoms with van der Waals surface area (Å²) in [4.78, 5) is 24.4. The molecule has 10 heteroatoms. The molecule has 0 aliphatic carbocycles. The van der Waals surface area contributed by atoms with E-state index in [1.54, 1.807) is 26.0 Å². The minimum absolute atomic E-state index is 0.0133. The SMILES string of the molecule is CC1CN(S(=O)(=O)c2cc(C(=O)OCC(=O)c3ccc(Cl)cc3)ccc2Cl)CC(C)O1. The second-order valence-corrected chi connectivity index (χ2v) is 9.98. The minimum atomic E-state index is -3.96. The van der Waals surface area contributed by atoms with E-state index in [1.807, 2.05) is 0 Å². The fourth-order valence-corrected chi connectivity index (χ4v) is 5.44. The van der Waals surface area contributed by atoms with Crippen molar-refractivity contribution in [2.75, 3.05) is 19.7 Å². The monoisotopic (exact) mass is 485 g/mol. The van der Waals surface area contributed by atoms with E-state index in [2.05, 4.69) is 0 Å². The van der Waals surface area contributed by atoms with Crippen LogP contribution in [0, 0.1) is 0 Å². The van der Waals surface area contributed by atoms with Crippen LogP contribution >= 0.6 is 23.2 Å². The number of ether oxygens (including phenoxy) is 2. The van der Waals surface area contributed by atoms with E-state index >= 15 is 0 Å². The van der Waals surface area contributed by atoms with Crippen molar-refractivity contribution in [2.24, 2.45) is 0 Å². The van der Waals surface area contributed by atoms with Crippen LogP contribution in [0.3, 0.4) is 0 Å². The van der Waals surface area contributed by atoms with Crippen molar-refractivity contribution in [1.29, 1.82) is 0 Å². The lowest BCUT2D eigenvalue weighted by Crippen LogP contribution is -2.48. The number of hydrogen-bond donors (Lipinski definition) is 0. The Morgan fingerprint density at radius 3 is 2.23 bits per heavy atom. The molecule has 0 bridgehead atoms. The first-order valence-corrected chi connectivity index (χ1v) is 11.7. The fourth-order valence-electron chi connectivity index (χ4n) is 3.23. The van der Waals surface area contributed by atoms with Crippen molar-refractivity contribution in [3.05, 3.63) is 63.6 Å². The highest BCUT2D eigenvalue weighted by Crippen LogP contribution is 2.28. The van der Waals surface area contributed by atoms with Gasteiger partial charge in [-0.3, -0.25) is 4.79 Å². The van der Waals surface area contributed by atoms with Crippen molar-refractivity contribution in [3.63, 3.8) is 0 Å². The van der Waals surface area contributed by atoms with Crippen LogP contribution in [0.2, 0.25) is 10.0 Å². The first-order chi connectivity index (χ1) is 14.6. The third kappa shape index (κ3) is 5.64. The average Bonchev–Trinajstić information content (AvgIpc) is 2.71. The first-order valence-electron chi connectivity index (χ1n) is 9.49. The van der Waals surface area contributed by atoms with E-state index in [9.17, 15) is 18.0 Å². The Balaban J connectivity index is 1.76. The number of benzene rings is 2. The van der Waals surface area contributed by atoms with Crippen LogP contribution in [-0.4, -0.2) is 56.4 Å². The minimum Gasteiger partial charge on any atom is -0.454 e. The quantitative estimate of drug-likeness (QED) is 0.456. The van der Waals surface area contributed by atoms with E-state index in [4.69, 9.17) is 32.7 Å². The summed E-state index contributed by atoms with van der Waals surface area (Å²) < 4.78 is 38.2. The van der Waals surface area contributed by atoms with E-state index in [0.29, 0.717) is 10.6 Å². The number of halogens is 2. The lowest BCUT2D eigenvalue weighted by atomic mass is 10.1. The lowest BCUT2D eigenvalue weighted by Gasteiger charge is -2.34. The second kappa shape index (κ2) is 9.67. The molecule has 2 aromatic rings. The van der Waals surface area contributed by atoms with Gasteiger partial charge in [-0.2, -0.15) is 4.31 Å². The van der Waals surface area contributed by atoms with Crippen LogP contribution in [0.1, 0.15) is 34.6 Å². The topological polar surface area (TPSA) is 90.0 Å². The second-order valence-electron chi connectivity index (χ2n) is 7.23. The van der Waals surface area contributed by atoms with Crippen LogP contribution in [0.4, 0.5) is 0 Å². The molecule has 0 spiro atoms. The van der Waals surface area contributed by atoms with Gasteiger partial charge >= 0.3 is 5.97 Å². The number of ketones is 1. The van der Waals surface area contributed by atoms with Crippen LogP contribution in [-0.2, 0) is 19.5 Å². The van der Waals surface area contributed by atoms with E-state index in [0.717, 1.165) is 6.07 Å². The Morgan fingerprint density at radius 2 is 1.61 bits per heavy atom. The van der Waals surface area contributed by atoms with Gasteiger partial charge in [0.05, 0.1) is 22.8 Å². The van der Waals surface area contributed by atoms with E-state index < -0.39 is 28.4 Å². The van der Waals surface area contributed by atoms with Gasteiger partial charge in [0.2, 0.25) is 10.0 Å². The number of rotatable bonds is 6. The molecule has 0 N–H and O–H groups in total. The molecule has 2 unspecified atom stereocenters. The van der Waals surface area contributed by atoms with Crippen LogP contribution in [0.25, 0.3) is 0 Å². The molecule has 1 saturated heterocycles. The third-order valence-electron chi connectivity index (χ3n) is 4.67. The molecule has 3 rings (SSSR count). The zero-order valence-corrected chi connectivity index (χ0v) is 19.2. The van der Waals surface area contributed by atoms with Gasteiger partial charge in [0.25, 0.3) is 0 Å². The van der Waals surface area contributed by atoms with Crippen LogP contribution in [0.5, 0.6) is 0 Å². The molecule has 1 fully saturated rings. The summed E-state index contributed by atoms with van der Waals surface area (Å²) >= 11 is 11.9. The van der Waals surface area contributed by atoms with E-state index in [-0.39, 0.29) is 40.8 Å². The normalized spacial score (nSPS) is 19.7. The molecule has 0 radical (unpaired) electrons. The molecule has 0 aromatic heterocycles. The maximum atomic E-state index is 13.1. The summed E-state index contributed by atoms with van der Waals surface area (Å²) in [5, 5.41) is 0.466. The first kappa shape index (κ1) is 23.7. The molecule has 1 aliphatic heterocycles. The summed E-state index contributed by atoms with van der Waals surface area (Å²) in [6.45, 7) is 3.42. The number of sulfonamides is 1. The fraction of sp³-hybridized carbons (Fsp3) is 0.333. The highest BCUT2D eigenvalue weighted by Gasteiger charge is 2.34. The summed E-state index contributed by atoms with van der Waals surface area (Å²) in [5.74, 6) is -1.25. The van der Waals surface area contributed by atoms with Crippen LogP contribution in [0.15, 0.2) is 47.4 Å². The maximum Gasteiger partial charge on any atom is 0.338 e. The van der Waals surface area contributed by atoms with Gasteiger partial charge in [-0.05, 0) is 56.3 Å². The Hall–Kier alpha value is -1.97. The standard InChI is InChI=1S/C21H21Cl2NO6S/c1-13-10-24(11-14(2)30-13)31(27,28)20-9-16(5-8-18(20)23)21(26)29-12-19(25)15-3-6-17(22)7-4-15/h3-9,13-14H,10-12H2,1-2H3. The van der Waals surface area contributed by atoms with Gasteiger partial charge in [-0.25, -0.2) is 13.2 Å². The number of carbonyl (C=O) groups excluding carboxylic acids is 2. The third-order valence-corrected chi connectivity index (χ3v) is 7.24. The summed E-state index contributed by atoms with van der Waals surface area (Å²) in [6.07, 6.45) is -0.548. The van der Waals surface area contributed by atoms with Crippen molar-refractivity contribution in [2.45, 2.75) is 31.0 Å². The zero-order valence-electron chi connectivity index (χ0n) is 16.9. The molecule has 7 nitrogen and oxygen atoms in total. The molecule has 166 valence electrons. The highest BCUT2D eigenvalue weighted by atomic mass is 35.5. The van der Waals surface area contributed by atoms with Crippen molar-refractivity contribution >= 4 is 45.0 Å². The number of esters is 1. The van der Waals surface area contributed by atoms with Crippen molar-refractivity contribution in [1.82, 2.24) is 4.31 Å². The largest absolute Gasteiger partial charge is 0.454 e. The van der Waals surface area contributed by atoms with Gasteiger partial charge in [-0.15, -0.1) is 0 Å². The number of Topliss-reactive ketones (excluding diaryl/α,β-unsaturated/α-hetero) is 1. The number of nitrogens with zero attached hydrogens (tertiary/aromatic N) is 1. The number of carbonyl (C=O) groups is 2. The molecule has 2 atom stereocenters. The van der Waals surface area contributed by atoms with Crippen molar-refractivity contribution < 1.29 is 27.5 Å². The Bertz CT molecular complexity index is 1080. The average molecular weight is 486 g/mol. The molecule has 0 amide bonds. The molecular formula is C21H21Cl2NO6S. The molecule has 0 saturated carbocycles. The molecule has 2 aromatic carbocycles. The zero-order chi connectivity index (χ0) is 22.8. The van der Waals surface area contributed by atoms with Crippen LogP contribution < -0.4 is 0 Å². The predicted octanol–water partition coefficient (Wildman–Crippen LogP) is 3.83. The number of hydrogen-bond acceptors (Lipinski definition) is 6. The maximum absolute atomic E-state index is 13.1. The van der Waals surface area contributed by atoms with Crippen molar-refractivity contribution in [3.8, 4) is 0 Å². The molecular weight excluding hydrogens is 465 g/mol. The lowest BCUT2D eigenvalue weighted by molar-refractivity contribution is -0.0440. The Morgan fingerprint density at radius 1 is 1.03 bits per heavy atom. The van der Waals surface area contributed by atoms with Gasteiger partial charge in [0.1, 0.15) is 4.90 Å². The number of morpholine rings is 1. The van der Waals surface area contributed by atoms with Gasteiger partial charge in [0, 0.05) is 23.7 Å². The van der Waals surface area contributed by atoms with E-state index in [1.165, 1.54) is 28.6 Å². The predicted molar refractivity (Wildman–Crippen MR) is 116 cm³/mol. The molecule has 1 heterocycles. The Kier molecular flexibility index (Phi) is 7.39. The summed E-state index contributed by atoms with van der Waals surface area (Å²) in [6, 6.07) is 9.99. The Labute approximate surface area is 190 Å². The summed E-state index contributed by atoms with van der Waals surface area (Å²) in [5.41, 5.74) is 0.313. The van der Waals surface area contributed by atoms with Gasteiger partial charge in [-0.1, -0.05) is 23.2 Å². The molecule has 31 heavy (non-hydrogen) atoms. The highest BCUT2D eigenvalue weighted by molar-refractivity contribution is 7.89. The van der Waals surface area contributed by atoms with Gasteiger partial charge in [0.15, 0.2) is 12.4 Å².